The van der Waals surface area contributed by atoms with Crippen molar-refractivity contribution in [1.29, 1.82) is 0 Å². The molecule has 1 saturated heterocycles. The topological polar surface area (TPSA) is 45.3 Å². The van der Waals surface area contributed by atoms with E-state index in [1.165, 1.54) is 69.0 Å². The van der Waals surface area contributed by atoms with Crippen molar-refractivity contribution < 1.29 is 4.74 Å². The lowest BCUT2D eigenvalue weighted by atomic mass is 9.71. The van der Waals surface area contributed by atoms with Crippen LogP contribution in [-0.4, -0.2) is 23.8 Å². The summed E-state index contributed by atoms with van der Waals surface area (Å²) >= 11 is 5.46. The van der Waals surface area contributed by atoms with Gasteiger partial charge in [-0.1, -0.05) is 19.3 Å². The molecule has 0 radical (unpaired) electrons. The Hall–Kier alpha value is -1.33. The van der Waals surface area contributed by atoms with Crippen molar-refractivity contribution in [3.05, 3.63) is 23.8 Å². The maximum atomic E-state index is 6.35. The van der Waals surface area contributed by atoms with Gasteiger partial charge in [-0.15, -0.1) is 0 Å². The first-order valence-electron chi connectivity index (χ1n) is 10.9. The molecule has 1 aromatic carbocycles. The molecular weight excluding hydrogens is 354 g/mol. The zero-order valence-corrected chi connectivity index (χ0v) is 16.8. The van der Waals surface area contributed by atoms with E-state index in [1.54, 1.807) is 0 Å². The van der Waals surface area contributed by atoms with Gasteiger partial charge in [0.05, 0.1) is 6.10 Å². The molecule has 5 rings (SSSR count). The Morgan fingerprint density at radius 2 is 1.89 bits per heavy atom. The van der Waals surface area contributed by atoms with E-state index in [0.29, 0.717) is 18.0 Å². The average Bonchev–Trinajstić information content (AvgIpc) is 3.52. The molecule has 2 heterocycles. The third-order valence-electron chi connectivity index (χ3n) is 6.84. The summed E-state index contributed by atoms with van der Waals surface area (Å²) in [6.45, 7) is 0.886. The van der Waals surface area contributed by atoms with Crippen LogP contribution in [0.25, 0.3) is 0 Å². The van der Waals surface area contributed by atoms with Crippen LogP contribution in [0.1, 0.15) is 69.5 Å². The molecule has 0 spiro atoms. The highest BCUT2D eigenvalue weighted by atomic mass is 32.1. The van der Waals surface area contributed by atoms with E-state index in [-0.39, 0.29) is 6.10 Å². The van der Waals surface area contributed by atoms with Crippen LogP contribution in [0.2, 0.25) is 0 Å². The molecule has 146 valence electrons. The number of ether oxygens (including phenoxy) is 1. The predicted molar refractivity (Wildman–Crippen MR) is 114 cm³/mol. The van der Waals surface area contributed by atoms with Gasteiger partial charge < -0.3 is 20.7 Å². The minimum Gasteiger partial charge on any atom is -0.381 e. The maximum Gasteiger partial charge on any atom is 0.170 e. The van der Waals surface area contributed by atoms with Gasteiger partial charge in [-0.3, -0.25) is 0 Å². The molecule has 2 saturated carbocycles. The van der Waals surface area contributed by atoms with Crippen molar-refractivity contribution in [1.82, 2.24) is 5.32 Å². The smallest absolute Gasteiger partial charge is 0.170 e. The van der Waals surface area contributed by atoms with Crippen LogP contribution in [0.5, 0.6) is 0 Å². The number of fused-ring (bicyclic) bond motifs is 3. The van der Waals surface area contributed by atoms with Gasteiger partial charge in [-0.05, 0) is 74.9 Å². The molecule has 3 fully saturated rings. The zero-order chi connectivity index (χ0) is 18.2. The molecule has 0 amide bonds. The van der Waals surface area contributed by atoms with Gasteiger partial charge >= 0.3 is 0 Å². The fourth-order valence-corrected chi connectivity index (χ4v) is 5.61. The van der Waals surface area contributed by atoms with Crippen LogP contribution in [-0.2, 0) is 4.74 Å². The largest absolute Gasteiger partial charge is 0.381 e. The molecule has 1 aromatic rings. The van der Waals surface area contributed by atoms with Crippen molar-refractivity contribution in [2.45, 2.75) is 76.0 Å². The fourth-order valence-electron chi connectivity index (χ4n) is 5.33. The monoisotopic (exact) mass is 385 g/mol. The highest BCUT2D eigenvalue weighted by Gasteiger charge is 2.42. The number of anilines is 2. The number of hydrogen-bond acceptors (Lipinski definition) is 3. The molecule has 4 aliphatic rings. The standard InChI is InChI=1S/C22H31N3OS/c27-22(23-15-8-9-15)24-16-10-11-19-18(13-16)21-17(7-4-12-26-21)20(25-19)14-5-2-1-3-6-14/h10-11,13-15,17,20-21,25H,1-9,12H2,(H2,23,24,27)/t17-,20+,21-/m0/s1. The van der Waals surface area contributed by atoms with Crippen LogP contribution in [0.15, 0.2) is 18.2 Å². The SMILES string of the molecule is S=C(Nc1ccc2c(c1)[C@H]1OCCC[C@H]1[C@@H](C1CCCCC1)N2)NC1CC1. The second-order valence-electron chi connectivity index (χ2n) is 8.84. The molecule has 2 aliphatic heterocycles. The molecule has 0 unspecified atom stereocenters. The molecule has 2 aliphatic carbocycles. The summed E-state index contributed by atoms with van der Waals surface area (Å²) < 4.78 is 6.35. The lowest BCUT2D eigenvalue weighted by molar-refractivity contribution is -0.0457. The van der Waals surface area contributed by atoms with Crippen LogP contribution < -0.4 is 16.0 Å². The molecule has 3 N–H and O–H groups in total. The summed E-state index contributed by atoms with van der Waals surface area (Å²) in [6.07, 6.45) is 12.1. The number of rotatable bonds is 3. The third kappa shape index (κ3) is 3.81. The van der Waals surface area contributed by atoms with E-state index < -0.39 is 0 Å². The van der Waals surface area contributed by atoms with Gasteiger partial charge in [-0.2, -0.15) is 0 Å². The van der Waals surface area contributed by atoms with Gasteiger partial charge in [0.15, 0.2) is 5.11 Å². The quantitative estimate of drug-likeness (QED) is 0.641. The fraction of sp³-hybridized carbons (Fsp3) is 0.682. The molecule has 3 atom stereocenters. The van der Waals surface area contributed by atoms with Gasteiger partial charge in [0, 0.05) is 41.5 Å². The number of nitrogens with one attached hydrogen (secondary N) is 3. The van der Waals surface area contributed by atoms with Crippen molar-refractivity contribution in [2.24, 2.45) is 11.8 Å². The van der Waals surface area contributed by atoms with Crippen molar-refractivity contribution in [3.8, 4) is 0 Å². The highest BCUT2D eigenvalue weighted by molar-refractivity contribution is 7.80. The van der Waals surface area contributed by atoms with E-state index in [1.807, 2.05) is 0 Å². The summed E-state index contributed by atoms with van der Waals surface area (Å²) in [5, 5.41) is 11.4. The molecule has 27 heavy (non-hydrogen) atoms. The predicted octanol–water partition coefficient (Wildman–Crippen LogP) is 4.98. The van der Waals surface area contributed by atoms with Gasteiger partial charge in [0.2, 0.25) is 0 Å². The summed E-state index contributed by atoms with van der Waals surface area (Å²) in [6, 6.07) is 7.77. The molecular formula is C22H31N3OS. The Kier molecular flexibility index (Phi) is 4.99. The number of thiocarbonyl (C=S) groups is 1. The van der Waals surface area contributed by atoms with Crippen LogP contribution in [0.3, 0.4) is 0 Å². The normalized spacial score (nSPS) is 30.6. The minimum absolute atomic E-state index is 0.230. The van der Waals surface area contributed by atoms with Gasteiger partial charge in [0.1, 0.15) is 0 Å². The molecule has 0 aromatic heterocycles. The van der Waals surface area contributed by atoms with Crippen LogP contribution in [0, 0.1) is 11.8 Å². The Labute approximate surface area is 167 Å². The second kappa shape index (κ2) is 7.59. The van der Waals surface area contributed by atoms with Crippen LogP contribution >= 0.6 is 12.2 Å². The highest BCUT2D eigenvalue weighted by Crippen LogP contribution is 2.48. The zero-order valence-electron chi connectivity index (χ0n) is 16.0. The van der Waals surface area contributed by atoms with Crippen LogP contribution in [0.4, 0.5) is 11.4 Å². The summed E-state index contributed by atoms with van der Waals surface area (Å²) in [4.78, 5) is 0. The van der Waals surface area contributed by atoms with Crippen molar-refractivity contribution >= 4 is 28.7 Å². The first kappa shape index (κ1) is 17.7. The summed E-state index contributed by atoms with van der Waals surface area (Å²) in [5.41, 5.74) is 3.64. The third-order valence-corrected chi connectivity index (χ3v) is 7.06. The lowest BCUT2D eigenvalue weighted by Crippen LogP contribution is -2.46. The summed E-state index contributed by atoms with van der Waals surface area (Å²) in [5.74, 6) is 1.40. The Balaban J connectivity index is 1.38. The van der Waals surface area contributed by atoms with Gasteiger partial charge in [-0.25, -0.2) is 0 Å². The van der Waals surface area contributed by atoms with E-state index in [9.17, 15) is 0 Å². The van der Waals surface area contributed by atoms with E-state index in [4.69, 9.17) is 17.0 Å². The first-order valence-corrected chi connectivity index (χ1v) is 11.3. The van der Waals surface area contributed by atoms with Crippen molar-refractivity contribution in [2.75, 3.05) is 17.2 Å². The number of hydrogen-bond donors (Lipinski definition) is 3. The number of benzene rings is 1. The van der Waals surface area contributed by atoms with E-state index >= 15 is 0 Å². The average molecular weight is 386 g/mol. The lowest BCUT2D eigenvalue weighted by Gasteiger charge is -2.47. The Morgan fingerprint density at radius 3 is 2.70 bits per heavy atom. The summed E-state index contributed by atoms with van der Waals surface area (Å²) in [7, 11) is 0. The maximum absolute atomic E-state index is 6.35. The molecule has 0 bridgehead atoms. The second-order valence-corrected chi connectivity index (χ2v) is 9.25. The molecule has 5 heteroatoms. The van der Waals surface area contributed by atoms with Crippen molar-refractivity contribution in [3.63, 3.8) is 0 Å². The molecule has 4 nitrogen and oxygen atoms in total. The van der Waals surface area contributed by atoms with E-state index in [0.717, 1.165) is 23.3 Å². The first-order chi connectivity index (χ1) is 13.3. The van der Waals surface area contributed by atoms with E-state index in [2.05, 4.69) is 34.1 Å². The Morgan fingerprint density at radius 1 is 1.04 bits per heavy atom. The Bertz CT molecular complexity index is 699. The van der Waals surface area contributed by atoms with Gasteiger partial charge in [0.25, 0.3) is 0 Å². The minimum atomic E-state index is 0.230.